The molecule has 0 aliphatic carbocycles. The second-order valence-electron chi connectivity index (χ2n) is 4.60. The first-order valence-corrected chi connectivity index (χ1v) is 6.86. The Bertz CT molecular complexity index is 406. The number of ether oxygens (including phenoxy) is 1. The van der Waals surface area contributed by atoms with E-state index in [1.54, 1.807) is 13.2 Å². The lowest BCUT2D eigenvalue weighted by molar-refractivity contribution is 0.414. The van der Waals surface area contributed by atoms with Crippen molar-refractivity contribution >= 4 is 5.69 Å². The summed E-state index contributed by atoms with van der Waals surface area (Å²) in [5.74, 6) is 0.987. The number of anilines is 1. The first-order chi connectivity index (χ1) is 9.26. The summed E-state index contributed by atoms with van der Waals surface area (Å²) >= 11 is 0. The van der Waals surface area contributed by atoms with Gasteiger partial charge in [-0.1, -0.05) is 18.2 Å². The average Bonchev–Trinajstić information content (AvgIpc) is 2.93. The quantitative estimate of drug-likeness (QED) is 0.751. The van der Waals surface area contributed by atoms with Crippen molar-refractivity contribution in [2.45, 2.75) is 26.2 Å². The third-order valence-electron chi connectivity index (χ3n) is 3.07. The molecule has 1 aliphatic rings. The molecular formula is C17H25NO. The Kier molecular flexibility index (Phi) is 6.80. The van der Waals surface area contributed by atoms with Crippen LogP contribution in [0.1, 0.15) is 25.3 Å². The summed E-state index contributed by atoms with van der Waals surface area (Å²) in [6.45, 7) is 11.3. The van der Waals surface area contributed by atoms with E-state index in [2.05, 4.69) is 36.3 Å². The van der Waals surface area contributed by atoms with Crippen LogP contribution >= 0.6 is 0 Å². The van der Waals surface area contributed by atoms with Crippen LogP contribution in [-0.2, 0) is 6.42 Å². The molecule has 104 valence electrons. The Labute approximate surface area is 117 Å². The fraction of sp³-hybridized carbons (Fsp3) is 0.412. The zero-order valence-electron chi connectivity index (χ0n) is 12.2. The van der Waals surface area contributed by atoms with Crippen molar-refractivity contribution in [2.75, 3.05) is 25.1 Å². The van der Waals surface area contributed by atoms with E-state index >= 15 is 0 Å². The summed E-state index contributed by atoms with van der Waals surface area (Å²) in [4.78, 5) is 2.40. The lowest BCUT2D eigenvalue weighted by Crippen LogP contribution is -2.18. The fourth-order valence-electron chi connectivity index (χ4n) is 2.23. The third kappa shape index (κ3) is 4.47. The monoisotopic (exact) mass is 259 g/mol. The van der Waals surface area contributed by atoms with Crippen LogP contribution in [0, 0.1) is 0 Å². The Hall–Kier alpha value is -1.70. The van der Waals surface area contributed by atoms with E-state index in [0.717, 1.165) is 25.3 Å². The molecule has 2 heteroatoms. The highest BCUT2D eigenvalue weighted by Crippen LogP contribution is 2.31. The first kappa shape index (κ1) is 15.4. The second-order valence-corrected chi connectivity index (χ2v) is 4.60. The largest absolute Gasteiger partial charge is 0.495 e. The van der Waals surface area contributed by atoms with Crippen molar-refractivity contribution in [3.63, 3.8) is 0 Å². The molecule has 19 heavy (non-hydrogen) atoms. The van der Waals surface area contributed by atoms with Crippen LogP contribution < -0.4 is 9.64 Å². The minimum atomic E-state index is 0.899. The number of hydrogen-bond acceptors (Lipinski definition) is 2. The Balaban J connectivity index is 0.000000550. The number of allylic oxidation sites excluding steroid dienone is 2. The van der Waals surface area contributed by atoms with E-state index in [1.807, 2.05) is 13.0 Å². The van der Waals surface area contributed by atoms with Crippen LogP contribution in [0.5, 0.6) is 5.75 Å². The molecular weight excluding hydrogens is 234 g/mol. The summed E-state index contributed by atoms with van der Waals surface area (Å²) in [5.41, 5.74) is 2.49. The van der Waals surface area contributed by atoms with Gasteiger partial charge in [-0.25, -0.2) is 0 Å². The number of rotatable bonds is 4. The van der Waals surface area contributed by atoms with Gasteiger partial charge in [-0.3, -0.25) is 0 Å². The van der Waals surface area contributed by atoms with Gasteiger partial charge in [0.1, 0.15) is 5.75 Å². The molecule has 0 N–H and O–H groups in total. The van der Waals surface area contributed by atoms with Crippen LogP contribution in [0.2, 0.25) is 0 Å². The van der Waals surface area contributed by atoms with Gasteiger partial charge >= 0.3 is 0 Å². The molecule has 2 nitrogen and oxygen atoms in total. The number of nitrogens with zero attached hydrogens (tertiary/aromatic N) is 1. The summed E-state index contributed by atoms with van der Waals surface area (Å²) < 4.78 is 5.47. The normalized spacial score (nSPS) is 13.5. The molecule has 0 amide bonds. The Morgan fingerprint density at radius 2 is 1.89 bits per heavy atom. The smallest absolute Gasteiger partial charge is 0.142 e. The van der Waals surface area contributed by atoms with Crippen molar-refractivity contribution in [2.24, 2.45) is 0 Å². The highest BCUT2D eigenvalue weighted by molar-refractivity contribution is 5.60. The van der Waals surface area contributed by atoms with Crippen molar-refractivity contribution in [1.82, 2.24) is 0 Å². The third-order valence-corrected chi connectivity index (χ3v) is 3.07. The van der Waals surface area contributed by atoms with E-state index in [0.29, 0.717) is 0 Å². The minimum Gasteiger partial charge on any atom is -0.495 e. The summed E-state index contributed by atoms with van der Waals surface area (Å²) in [7, 11) is 1.74. The van der Waals surface area contributed by atoms with Gasteiger partial charge in [-0.2, -0.15) is 0 Å². The number of benzene rings is 1. The molecule has 1 aromatic carbocycles. The molecule has 1 aromatic rings. The zero-order chi connectivity index (χ0) is 14.1. The van der Waals surface area contributed by atoms with E-state index in [-0.39, 0.29) is 0 Å². The summed E-state index contributed by atoms with van der Waals surface area (Å²) in [6.07, 6.45) is 7.15. The molecule has 0 unspecified atom stereocenters. The van der Waals surface area contributed by atoms with E-state index in [4.69, 9.17) is 4.74 Å². The molecule has 1 fully saturated rings. The SMILES string of the molecule is C=CC.C=CCc1ccc(N2CCCC2)c(OC)c1. The van der Waals surface area contributed by atoms with Gasteiger partial charge in [0, 0.05) is 13.1 Å². The van der Waals surface area contributed by atoms with Gasteiger partial charge < -0.3 is 9.64 Å². The summed E-state index contributed by atoms with van der Waals surface area (Å²) in [5, 5.41) is 0. The molecule has 0 bridgehead atoms. The topological polar surface area (TPSA) is 12.5 Å². The minimum absolute atomic E-state index is 0.899. The maximum absolute atomic E-state index is 5.47. The molecule has 0 spiro atoms. The average molecular weight is 259 g/mol. The second kappa shape index (κ2) is 8.41. The van der Waals surface area contributed by atoms with Gasteiger partial charge in [-0.05, 0) is 43.9 Å². The van der Waals surface area contributed by atoms with Crippen LogP contribution in [-0.4, -0.2) is 20.2 Å². The maximum Gasteiger partial charge on any atom is 0.142 e. The van der Waals surface area contributed by atoms with Crippen LogP contribution in [0.15, 0.2) is 43.5 Å². The highest BCUT2D eigenvalue weighted by Gasteiger charge is 2.16. The van der Waals surface area contributed by atoms with Gasteiger partial charge in [0.25, 0.3) is 0 Å². The van der Waals surface area contributed by atoms with Crippen molar-refractivity contribution in [3.05, 3.63) is 49.1 Å². The molecule has 0 radical (unpaired) electrons. The van der Waals surface area contributed by atoms with Gasteiger partial charge in [-0.15, -0.1) is 13.2 Å². The van der Waals surface area contributed by atoms with E-state index < -0.39 is 0 Å². The molecule has 1 heterocycles. The van der Waals surface area contributed by atoms with Crippen molar-refractivity contribution in [1.29, 1.82) is 0 Å². The molecule has 0 saturated carbocycles. The van der Waals surface area contributed by atoms with Gasteiger partial charge in [0.2, 0.25) is 0 Å². The zero-order valence-corrected chi connectivity index (χ0v) is 12.2. The van der Waals surface area contributed by atoms with E-state index in [1.165, 1.54) is 24.1 Å². The highest BCUT2D eigenvalue weighted by atomic mass is 16.5. The van der Waals surface area contributed by atoms with E-state index in [9.17, 15) is 0 Å². The Morgan fingerprint density at radius 3 is 2.42 bits per heavy atom. The predicted molar refractivity (Wildman–Crippen MR) is 84.2 cm³/mol. The Morgan fingerprint density at radius 1 is 1.26 bits per heavy atom. The fourth-order valence-corrected chi connectivity index (χ4v) is 2.23. The van der Waals surface area contributed by atoms with Crippen LogP contribution in [0.25, 0.3) is 0 Å². The molecule has 0 aromatic heterocycles. The standard InChI is InChI=1S/C14H19NO.C3H6/c1-3-6-12-7-8-13(14(11-12)16-2)15-9-4-5-10-15;1-3-2/h3,7-8,11H,1,4-6,9-10H2,2H3;3H,1H2,2H3. The first-order valence-electron chi connectivity index (χ1n) is 6.86. The van der Waals surface area contributed by atoms with Gasteiger partial charge in [0.15, 0.2) is 0 Å². The number of hydrogen-bond donors (Lipinski definition) is 0. The van der Waals surface area contributed by atoms with Crippen molar-refractivity contribution in [3.8, 4) is 5.75 Å². The molecule has 1 saturated heterocycles. The lowest BCUT2D eigenvalue weighted by atomic mass is 10.1. The van der Waals surface area contributed by atoms with Gasteiger partial charge in [0.05, 0.1) is 12.8 Å². The maximum atomic E-state index is 5.47. The van der Waals surface area contributed by atoms with Crippen LogP contribution in [0.3, 0.4) is 0 Å². The number of methoxy groups -OCH3 is 1. The molecule has 2 rings (SSSR count). The van der Waals surface area contributed by atoms with Crippen molar-refractivity contribution < 1.29 is 4.74 Å². The predicted octanol–water partition coefficient (Wildman–Crippen LogP) is 4.22. The molecule has 1 aliphatic heterocycles. The molecule has 0 atom stereocenters. The summed E-state index contributed by atoms with van der Waals surface area (Å²) in [6, 6.07) is 6.45. The van der Waals surface area contributed by atoms with Crippen LogP contribution in [0.4, 0.5) is 5.69 Å². The lowest BCUT2D eigenvalue weighted by Gasteiger charge is -2.21.